The van der Waals surface area contributed by atoms with Crippen molar-refractivity contribution in [2.45, 2.75) is 32.7 Å². The minimum absolute atomic E-state index is 0.584. The van der Waals surface area contributed by atoms with Gasteiger partial charge in [0, 0.05) is 18.2 Å². The average Bonchev–Trinajstić information content (AvgIpc) is 3.47. The molecule has 3 heterocycles. The Balaban J connectivity index is 1.59. The van der Waals surface area contributed by atoms with Crippen LogP contribution in [0.4, 0.5) is 0 Å². The van der Waals surface area contributed by atoms with Gasteiger partial charge in [-0.15, -0.1) is 10.2 Å². The maximum absolute atomic E-state index is 4.84. The van der Waals surface area contributed by atoms with E-state index < -0.39 is 0 Å². The summed E-state index contributed by atoms with van der Waals surface area (Å²) in [5.74, 6) is 1.66. The van der Waals surface area contributed by atoms with Crippen molar-refractivity contribution in [1.82, 2.24) is 35.2 Å². The van der Waals surface area contributed by atoms with Crippen molar-refractivity contribution in [2.24, 2.45) is 0 Å². The summed E-state index contributed by atoms with van der Waals surface area (Å²) in [4.78, 5) is 9.45. The molecule has 1 N–H and O–H groups in total. The van der Waals surface area contributed by atoms with E-state index in [1.54, 1.807) is 0 Å². The molecule has 0 spiro atoms. The molecule has 0 aliphatic carbocycles. The molecule has 0 amide bonds. The number of imidazole rings is 1. The zero-order valence-electron chi connectivity index (χ0n) is 17.4. The van der Waals surface area contributed by atoms with E-state index in [0.717, 1.165) is 58.5 Å². The Morgan fingerprint density at radius 2 is 1.87 bits per heavy atom. The van der Waals surface area contributed by atoms with Crippen LogP contribution in [0.3, 0.4) is 0 Å². The van der Waals surface area contributed by atoms with E-state index in [2.05, 4.69) is 67.4 Å². The number of tetrazole rings is 1. The number of unbranched alkanes of at least 4 members (excludes halogenated alkanes) is 1. The van der Waals surface area contributed by atoms with Gasteiger partial charge in [0.1, 0.15) is 11.3 Å². The highest BCUT2D eigenvalue weighted by Gasteiger charge is 2.15. The molecule has 5 rings (SSSR count). The molecule has 3 aromatic heterocycles. The maximum Gasteiger partial charge on any atom is 0.205 e. The molecule has 0 aliphatic heterocycles. The highest BCUT2D eigenvalue weighted by Crippen LogP contribution is 2.31. The molecule has 7 nitrogen and oxygen atoms in total. The van der Waals surface area contributed by atoms with Gasteiger partial charge in [0.05, 0.1) is 6.54 Å². The summed E-state index contributed by atoms with van der Waals surface area (Å²) in [6.07, 6.45) is 4.99. The first-order valence-electron chi connectivity index (χ1n) is 10.6. The summed E-state index contributed by atoms with van der Waals surface area (Å²) in [7, 11) is 0. The molecule has 0 atom stereocenters. The van der Waals surface area contributed by atoms with Crippen molar-refractivity contribution in [3.05, 3.63) is 78.2 Å². The van der Waals surface area contributed by atoms with E-state index in [4.69, 9.17) is 4.98 Å². The first kappa shape index (κ1) is 19.1. The lowest BCUT2D eigenvalue weighted by atomic mass is 9.97. The highest BCUT2D eigenvalue weighted by atomic mass is 15.5. The second kappa shape index (κ2) is 8.47. The summed E-state index contributed by atoms with van der Waals surface area (Å²) >= 11 is 0. The van der Waals surface area contributed by atoms with E-state index in [-0.39, 0.29) is 0 Å². The van der Waals surface area contributed by atoms with Gasteiger partial charge in [-0.2, -0.15) is 5.21 Å². The largest absolute Gasteiger partial charge is 0.308 e. The number of nitrogens with one attached hydrogen (secondary N) is 1. The van der Waals surface area contributed by atoms with Crippen LogP contribution in [0.1, 0.15) is 31.2 Å². The van der Waals surface area contributed by atoms with Crippen LogP contribution in [0.15, 0.2) is 66.9 Å². The second-order valence-electron chi connectivity index (χ2n) is 7.55. The monoisotopic (exact) mass is 409 g/mol. The van der Waals surface area contributed by atoms with Gasteiger partial charge in [0.15, 0.2) is 5.65 Å². The number of fused-ring (bicyclic) bond motifs is 1. The fourth-order valence-electron chi connectivity index (χ4n) is 3.90. The molecule has 0 saturated carbocycles. The molecular weight excluding hydrogens is 386 g/mol. The van der Waals surface area contributed by atoms with E-state index in [1.807, 2.05) is 36.5 Å². The van der Waals surface area contributed by atoms with Crippen LogP contribution in [-0.4, -0.2) is 35.2 Å². The summed E-state index contributed by atoms with van der Waals surface area (Å²) in [5.41, 5.74) is 6.14. The molecule has 5 aromatic rings. The molecule has 0 bridgehead atoms. The van der Waals surface area contributed by atoms with Crippen molar-refractivity contribution >= 4 is 11.2 Å². The average molecular weight is 409 g/mol. The molecule has 0 unspecified atom stereocenters. The van der Waals surface area contributed by atoms with E-state index >= 15 is 0 Å². The maximum atomic E-state index is 4.84. The Morgan fingerprint density at radius 1 is 0.968 bits per heavy atom. The number of hydrogen-bond acceptors (Lipinski definition) is 5. The van der Waals surface area contributed by atoms with Gasteiger partial charge in [-0.25, -0.2) is 9.97 Å². The van der Waals surface area contributed by atoms with Gasteiger partial charge < -0.3 is 4.57 Å². The Kier molecular flexibility index (Phi) is 5.22. The Bertz CT molecular complexity index is 1290. The summed E-state index contributed by atoms with van der Waals surface area (Å²) in [6, 6.07) is 20.7. The van der Waals surface area contributed by atoms with E-state index in [0.29, 0.717) is 12.4 Å². The lowest BCUT2D eigenvalue weighted by Crippen LogP contribution is -2.06. The van der Waals surface area contributed by atoms with Crippen LogP contribution < -0.4 is 0 Å². The predicted octanol–water partition coefficient (Wildman–Crippen LogP) is 4.67. The van der Waals surface area contributed by atoms with Crippen LogP contribution in [0.5, 0.6) is 0 Å². The number of pyridine rings is 1. The zero-order valence-corrected chi connectivity index (χ0v) is 17.4. The number of rotatable bonds is 7. The standard InChI is InChI=1S/C24H23N7/c1-2-3-11-22-26-21-10-7-14-25-24(21)31(22)16-17-12-13-19(18-8-5-4-6-9-18)20(15-17)23-27-29-30-28-23/h4-10,12-15H,2-3,11,16H2,1H3,(H,27,28,29,30). The molecule has 31 heavy (non-hydrogen) atoms. The van der Waals surface area contributed by atoms with Gasteiger partial charge >= 0.3 is 0 Å². The van der Waals surface area contributed by atoms with Crippen molar-refractivity contribution in [2.75, 3.05) is 0 Å². The minimum atomic E-state index is 0.584. The van der Waals surface area contributed by atoms with Gasteiger partial charge in [-0.05, 0) is 46.5 Å². The fourth-order valence-corrected chi connectivity index (χ4v) is 3.90. The Hall–Kier alpha value is -3.87. The number of aromatic nitrogens is 7. The predicted molar refractivity (Wildman–Crippen MR) is 120 cm³/mol. The van der Waals surface area contributed by atoms with Gasteiger partial charge in [0.25, 0.3) is 0 Å². The topological polar surface area (TPSA) is 85.2 Å². The zero-order chi connectivity index (χ0) is 21.0. The van der Waals surface area contributed by atoms with Gasteiger partial charge in [-0.3, -0.25) is 0 Å². The first-order chi connectivity index (χ1) is 15.3. The van der Waals surface area contributed by atoms with Gasteiger partial charge in [-0.1, -0.05) is 55.8 Å². The normalized spacial score (nSPS) is 11.3. The Morgan fingerprint density at radius 3 is 2.68 bits per heavy atom. The lowest BCUT2D eigenvalue weighted by Gasteiger charge is -2.12. The van der Waals surface area contributed by atoms with Crippen LogP contribution in [0.2, 0.25) is 0 Å². The van der Waals surface area contributed by atoms with Crippen molar-refractivity contribution in [3.63, 3.8) is 0 Å². The third-order valence-electron chi connectivity index (χ3n) is 5.43. The number of nitrogens with zero attached hydrogens (tertiary/aromatic N) is 6. The number of aryl methyl sites for hydroxylation is 1. The molecule has 0 saturated heterocycles. The summed E-state index contributed by atoms with van der Waals surface area (Å²) in [6.45, 7) is 2.89. The highest BCUT2D eigenvalue weighted by molar-refractivity contribution is 5.81. The molecule has 0 fully saturated rings. The third kappa shape index (κ3) is 3.82. The molecule has 2 aromatic carbocycles. The molecule has 154 valence electrons. The van der Waals surface area contributed by atoms with E-state index in [9.17, 15) is 0 Å². The third-order valence-corrected chi connectivity index (χ3v) is 5.43. The molecule has 0 aliphatic rings. The quantitative estimate of drug-likeness (QED) is 0.422. The van der Waals surface area contributed by atoms with Crippen LogP contribution in [-0.2, 0) is 13.0 Å². The molecular formula is C24H23N7. The lowest BCUT2D eigenvalue weighted by molar-refractivity contribution is 0.686. The molecule has 7 heteroatoms. The van der Waals surface area contributed by atoms with Crippen molar-refractivity contribution in [3.8, 4) is 22.5 Å². The summed E-state index contributed by atoms with van der Waals surface area (Å²) < 4.78 is 2.22. The van der Waals surface area contributed by atoms with E-state index in [1.165, 1.54) is 0 Å². The van der Waals surface area contributed by atoms with Gasteiger partial charge in [0.2, 0.25) is 5.82 Å². The number of benzene rings is 2. The van der Waals surface area contributed by atoms with Crippen molar-refractivity contribution in [1.29, 1.82) is 0 Å². The second-order valence-corrected chi connectivity index (χ2v) is 7.55. The number of hydrogen-bond donors (Lipinski definition) is 1. The smallest absolute Gasteiger partial charge is 0.205 e. The minimum Gasteiger partial charge on any atom is -0.308 e. The Labute approximate surface area is 180 Å². The SMILES string of the molecule is CCCCc1nc2cccnc2n1Cc1ccc(-c2ccccc2)c(-c2nn[nH]n2)c1. The van der Waals surface area contributed by atoms with Crippen molar-refractivity contribution < 1.29 is 0 Å². The summed E-state index contributed by atoms with van der Waals surface area (Å²) in [5, 5.41) is 14.8. The van der Waals surface area contributed by atoms with Crippen LogP contribution in [0, 0.1) is 0 Å². The van der Waals surface area contributed by atoms with Crippen LogP contribution in [0.25, 0.3) is 33.7 Å². The number of H-pyrrole nitrogens is 1. The molecule has 0 radical (unpaired) electrons. The first-order valence-corrected chi connectivity index (χ1v) is 10.6. The van der Waals surface area contributed by atoms with Crippen LogP contribution >= 0.6 is 0 Å². The number of aromatic amines is 1. The fraction of sp³-hybridized carbons (Fsp3) is 0.208.